The summed E-state index contributed by atoms with van der Waals surface area (Å²) in [5.41, 5.74) is 3.82. The van der Waals surface area contributed by atoms with Gasteiger partial charge in [0, 0.05) is 25.9 Å². The highest BCUT2D eigenvalue weighted by molar-refractivity contribution is 6.60. The van der Waals surface area contributed by atoms with E-state index in [2.05, 4.69) is 15.8 Å². The van der Waals surface area contributed by atoms with Gasteiger partial charge in [0.25, 0.3) is 0 Å². The number of hydrogen-bond donors (Lipinski definition) is 1. The van der Waals surface area contributed by atoms with Crippen molar-refractivity contribution in [1.82, 2.24) is 0 Å². The first-order chi connectivity index (χ1) is 10.8. The molecule has 0 atom stereocenters. The topological polar surface area (TPSA) is 64.4 Å². The summed E-state index contributed by atoms with van der Waals surface area (Å²) in [6, 6.07) is 10.5. The smallest absolute Gasteiger partial charge is 0.374 e. The van der Waals surface area contributed by atoms with Crippen LogP contribution in [-0.2, 0) is 13.3 Å². The minimum absolute atomic E-state index is 0.600. The Morgan fingerprint density at radius 3 is 2.09 bits per heavy atom. The lowest BCUT2D eigenvalue weighted by molar-refractivity contribution is 0.0710. The van der Waals surface area contributed by atoms with Crippen LogP contribution in [0.3, 0.4) is 0 Å². The van der Waals surface area contributed by atoms with Crippen molar-refractivity contribution in [2.75, 3.05) is 31.8 Å². The predicted molar refractivity (Wildman–Crippen MR) is 89.8 cm³/mol. The molecule has 0 aromatic heterocycles. The van der Waals surface area contributed by atoms with E-state index >= 15 is 0 Å². The molecule has 124 valence electrons. The highest BCUT2D eigenvalue weighted by atomic mass is 28.4. The van der Waals surface area contributed by atoms with Gasteiger partial charge in [0.15, 0.2) is 0 Å². The van der Waals surface area contributed by atoms with Crippen LogP contribution in [0.5, 0.6) is 0 Å². The van der Waals surface area contributed by atoms with Gasteiger partial charge in [0.1, 0.15) is 0 Å². The number of rotatable bonds is 12. The molecule has 0 aliphatic heterocycles. The fourth-order valence-electron chi connectivity index (χ4n) is 2.02. The first-order valence-electron chi connectivity index (χ1n) is 7.85. The van der Waals surface area contributed by atoms with Crippen molar-refractivity contribution < 1.29 is 13.3 Å². The Morgan fingerprint density at radius 1 is 0.955 bits per heavy atom. The average Bonchev–Trinajstić information content (AvgIpc) is 2.52. The van der Waals surface area contributed by atoms with Gasteiger partial charge in [-0.25, -0.2) is 0 Å². The third-order valence-corrected chi connectivity index (χ3v) is 6.01. The molecule has 0 amide bonds. The molecule has 0 aliphatic carbocycles. The molecule has 7 heteroatoms. The van der Waals surface area contributed by atoms with E-state index in [1.807, 2.05) is 51.1 Å². The highest BCUT2D eigenvalue weighted by Crippen LogP contribution is 2.18. The van der Waals surface area contributed by atoms with Gasteiger partial charge in [-0.1, -0.05) is 23.4 Å². The van der Waals surface area contributed by atoms with Gasteiger partial charge in [-0.2, -0.15) is 5.11 Å². The SMILES string of the molecule is CCO[Si](CCCN=NNc1ccccc1)(OCC)OCC. The van der Waals surface area contributed by atoms with E-state index in [9.17, 15) is 0 Å². The maximum absolute atomic E-state index is 5.79. The lowest BCUT2D eigenvalue weighted by Gasteiger charge is -2.28. The van der Waals surface area contributed by atoms with Crippen molar-refractivity contribution in [2.45, 2.75) is 33.2 Å². The fourth-order valence-corrected chi connectivity index (χ4v) is 4.62. The second kappa shape index (κ2) is 11.3. The third kappa shape index (κ3) is 7.12. The standard InChI is InChI=1S/C15H27N3O3Si/c1-4-19-22(20-5-2,21-6-3)14-10-13-16-18-17-15-11-8-7-9-12-15/h7-9,11-12H,4-6,10,13-14H2,1-3H3,(H,16,17). The molecule has 0 saturated carbocycles. The fraction of sp³-hybridized carbons (Fsp3) is 0.600. The Morgan fingerprint density at radius 2 is 1.55 bits per heavy atom. The van der Waals surface area contributed by atoms with Crippen LogP contribution in [0.2, 0.25) is 6.04 Å². The molecule has 22 heavy (non-hydrogen) atoms. The maximum atomic E-state index is 5.79. The van der Waals surface area contributed by atoms with Gasteiger partial charge < -0.3 is 13.3 Å². The summed E-state index contributed by atoms with van der Waals surface area (Å²) >= 11 is 0. The van der Waals surface area contributed by atoms with E-state index in [4.69, 9.17) is 13.3 Å². The van der Waals surface area contributed by atoms with E-state index < -0.39 is 8.80 Å². The van der Waals surface area contributed by atoms with Crippen LogP contribution >= 0.6 is 0 Å². The minimum Gasteiger partial charge on any atom is -0.374 e. The molecule has 1 rings (SSSR count). The molecule has 0 heterocycles. The number of para-hydroxylation sites is 1. The molecule has 1 aromatic carbocycles. The van der Waals surface area contributed by atoms with E-state index in [0.717, 1.165) is 18.2 Å². The van der Waals surface area contributed by atoms with Gasteiger partial charge in [0.2, 0.25) is 0 Å². The number of anilines is 1. The van der Waals surface area contributed by atoms with Crippen LogP contribution in [-0.4, -0.2) is 35.2 Å². The van der Waals surface area contributed by atoms with E-state index in [0.29, 0.717) is 26.4 Å². The van der Waals surface area contributed by atoms with Crippen molar-refractivity contribution in [2.24, 2.45) is 10.3 Å². The zero-order valence-electron chi connectivity index (χ0n) is 13.7. The molecule has 0 fully saturated rings. The second-order valence-electron chi connectivity index (χ2n) is 4.53. The van der Waals surface area contributed by atoms with Crippen molar-refractivity contribution in [3.05, 3.63) is 30.3 Å². The number of benzene rings is 1. The third-order valence-electron chi connectivity index (χ3n) is 2.86. The highest BCUT2D eigenvalue weighted by Gasteiger charge is 2.39. The summed E-state index contributed by atoms with van der Waals surface area (Å²) in [6.45, 7) is 8.30. The van der Waals surface area contributed by atoms with Gasteiger partial charge in [-0.15, -0.1) is 0 Å². The maximum Gasteiger partial charge on any atom is 0.500 e. The molecular weight excluding hydrogens is 298 g/mol. The summed E-state index contributed by atoms with van der Waals surface area (Å²) < 4.78 is 17.4. The monoisotopic (exact) mass is 325 g/mol. The number of nitrogens with zero attached hydrogens (tertiary/aromatic N) is 2. The summed E-state index contributed by atoms with van der Waals surface area (Å²) in [5, 5.41) is 8.09. The first-order valence-corrected chi connectivity index (χ1v) is 9.79. The summed E-state index contributed by atoms with van der Waals surface area (Å²) in [6.07, 6.45) is 0.826. The van der Waals surface area contributed by atoms with Gasteiger partial charge in [0.05, 0.1) is 12.2 Å². The first kappa shape index (κ1) is 18.8. The molecule has 0 spiro atoms. The van der Waals surface area contributed by atoms with Crippen LogP contribution in [0, 0.1) is 0 Å². The van der Waals surface area contributed by atoms with Crippen LogP contribution in [0.1, 0.15) is 27.2 Å². The molecule has 0 saturated heterocycles. The molecular formula is C15H27N3O3Si. The Bertz CT molecular complexity index is 401. The zero-order valence-corrected chi connectivity index (χ0v) is 14.7. The predicted octanol–water partition coefficient (Wildman–Crippen LogP) is 3.90. The van der Waals surface area contributed by atoms with Crippen LogP contribution < -0.4 is 5.43 Å². The van der Waals surface area contributed by atoms with Crippen LogP contribution in [0.15, 0.2) is 40.7 Å². The van der Waals surface area contributed by atoms with Crippen molar-refractivity contribution in [1.29, 1.82) is 0 Å². The average molecular weight is 325 g/mol. The van der Waals surface area contributed by atoms with Gasteiger partial charge in [-0.3, -0.25) is 5.43 Å². The lowest BCUT2D eigenvalue weighted by atomic mass is 10.3. The summed E-state index contributed by atoms with van der Waals surface area (Å²) in [5.74, 6) is 0. The summed E-state index contributed by atoms with van der Waals surface area (Å²) in [7, 11) is -2.54. The summed E-state index contributed by atoms with van der Waals surface area (Å²) in [4.78, 5) is 0. The largest absolute Gasteiger partial charge is 0.500 e. The Balaban J connectivity index is 2.35. The van der Waals surface area contributed by atoms with Crippen molar-refractivity contribution in [3.63, 3.8) is 0 Å². The number of hydrogen-bond acceptors (Lipinski definition) is 5. The van der Waals surface area contributed by atoms with Crippen LogP contribution in [0.4, 0.5) is 5.69 Å². The van der Waals surface area contributed by atoms with E-state index in [1.54, 1.807) is 0 Å². The quantitative estimate of drug-likeness (QED) is 0.274. The Hall–Kier alpha value is -1.28. The molecule has 6 nitrogen and oxygen atoms in total. The molecule has 0 radical (unpaired) electrons. The zero-order chi connectivity index (χ0) is 16.1. The van der Waals surface area contributed by atoms with E-state index in [1.165, 1.54) is 0 Å². The molecule has 1 aromatic rings. The molecule has 0 aliphatic rings. The molecule has 0 unspecified atom stereocenters. The van der Waals surface area contributed by atoms with Crippen LogP contribution in [0.25, 0.3) is 0 Å². The Kier molecular flexibility index (Phi) is 9.64. The Labute approximate surface area is 134 Å². The molecule has 0 bridgehead atoms. The minimum atomic E-state index is -2.54. The van der Waals surface area contributed by atoms with Crippen molar-refractivity contribution >= 4 is 14.5 Å². The normalized spacial score (nSPS) is 12.0. The lowest BCUT2D eigenvalue weighted by Crippen LogP contribution is -2.46. The van der Waals surface area contributed by atoms with E-state index in [-0.39, 0.29) is 0 Å². The van der Waals surface area contributed by atoms with Gasteiger partial charge >= 0.3 is 8.80 Å². The van der Waals surface area contributed by atoms with Gasteiger partial charge in [-0.05, 0) is 39.3 Å². The number of nitrogens with one attached hydrogen (secondary N) is 1. The molecule has 1 N–H and O–H groups in total. The second-order valence-corrected chi connectivity index (χ2v) is 7.26. The van der Waals surface area contributed by atoms with Crippen molar-refractivity contribution in [3.8, 4) is 0 Å².